The summed E-state index contributed by atoms with van der Waals surface area (Å²) in [7, 11) is 1.64. The first-order valence-corrected chi connectivity index (χ1v) is 9.28. The lowest BCUT2D eigenvalue weighted by atomic mass is 10.1. The van der Waals surface area contributed by atoms with Gasteiger partial charge in [0.25, 0.3) is 0 Å². The summed E-state index contributed by atoms with van der Waals surface area (Å²) in [5.74, 6) is 0.777. The summed E-state index contributed by atoms with van der Waals surface area (Å²) < 4.78 is 5.29. The summed E-state index contributed by atoms with van der Waals surface area (Å²) in [4.78, 5) is 14.6. The van der Waals surface area contributed by atoms with Gasteiger partial charge < -0.3 is 20.3 Å². The van der Waals surface area contributed by atoms with Crippen molar-refractivity contribution in [2.75, 3.05) is 42.3 Å². The van der Waals surface area contributed by atoms with Crippen LogP contribution in [0.2, 0.25) is 0 Å². The quantitative estimate of drug-likeness (QED) is 0.786. The number of hydrogen-bond donors (Lipinski definition) is 2. The maximum Gasteiger partial charge on any atom is 0.226 e. The number of methoxy groups -OCH3 is 1. The van der Waals surface area contributed by atoms with Gasteiger partial charge in [-0.2, -0.15) is 0 Å². The van der Waals surface area contributed by atoms with Crippen LogP contribution >= 0.6 is 0 Å². The summed E-state index contributed by atoms with van der Waals surface area (Å²) in [6.45, 7) is 2.80. The van der Waals surface area contributed by atoms with Crippen molar-refractivity contribution in [1.29, 1.82) is 0 Å². The van der Waals surface area contributed by atoms with Crippen molar-refractivity contribution in [3.8, 4) is 5.75 Å². The van der Waals surface area contributed by atoms with Crippen LogP contribution in [0.5, 0.6) is 5.75 Å². The zero-order valence-electron chi connectivity index (χ0n) is 15.3. The zero-order valence-corrected chi connectivity index (χ0v) is 15.3. The Bertz CT molecular complexity index is 709. The third-order valence-electron chi connectivity index (χ3n) is 4.65. The summed E-state index contributed by atoms with van der Waals surface area (Å²) >= 11 is 0. The van der Waals surface area contributed by atoms with Crippen molar-refractivity contribution in [2.24, 2.45) is 0 Å². The molecule has 0 spiro atoms. The van der Waals surface area contributed by atoms with E-state index in [1.165, 1.54) is 24.9 Å². The monoisotopic (exact) mass is 353 g/mol. The van der Waals surface area contributed by atoms with Crippen molar-refractivity contribution in [2.45, 2.75) is 25.7 Å². The van der Waals surface area contributed by atoms with Crippen molar-refractivity contribution in [3.05, 3.63) is 48.5 Å². The van der Waals surface area contributed by atoms with Gasteiger partial charge in [0.1, 0.15) is 5.75 Å². The van der Waals surface area contributed by atoms with Crippen molar-refractivity contribution in [1.82, 2.24) is 0 Å². The zero-order chi connectivity index (χ0) is 18.2. The number of piperidine rings is 1. The summed E-state index contributed by atoms with van der Waals surface area (Å²) in [6.07, 6.45) is 4.24. The van der Waals surface area contributed by atoms with Gasteiger partial charge in [0, 0.05) is 37.4 Å². The number of rotatable bonds is 7. The van der Waals surface area contributed by atoms with Crippen molar-refractivity contribution in [3.63, 3.8) is 0 Å². The molecule has 0 unspecified atom stereocenters. The minimum Gasteiger partial charge on any atom is -0.495 e. The van der Waals surface area contributed by atoms with Crippen molar-refractivity contribution >= 4 is 23.0 Å². The Kier molecular flexibility index (Phi) is 6.36. The minimum atomic E-state index is -0.00174. The molecule has 26 heavy (non-hydrogen) atoms. The van der Waals surface area contributed by atoms with Gasteiger partial charge in [-0.05, 0) is 55.7 Å². The standard InChI is InChI=1S/C21H27N3O2/c1-26-20-8-4-3-7-19(20)22-14-13-21(25)23-17-9-11-18(12-10-17)24-15-5-2-6-16-24/h3-4,7-12,22H,2,5-6,13-16H2,1H3,(H,23,25). The number of anilines is 3. The Morgan fingerprint density at radius 3 is 2.50 bits per heavy atom. The molecule has 1 heterocycles. The molecule has 0 saturated carbocycles. The second-order valence-electron chi connectivity index (χ2n) is 6.52. The van der Waals surface area contributed by atoms with E-state index < -0.39 is 0 Å². The Labute approximate surface area is 155 Å². The van der Waals surface area contributed by atoms with Crippen LogP contribution in [-0.4, -0.2) is 32.7 Å². The van der Waals surface area contributed by atoms with Crippen LogP contribution in [0.4, 0.5) is 17.1 Å². The van der Waals surface area contributed by atoms with Gasteiger partial charge in [0.15, 0.2) is 0 Å². The molecular formula is C21H27N3O2. The smallest absolute Gasteiger partial charge is 0.226 e. The fourth-order valence-electron chi connectivity index (χ4n) is 3.23. The predicted molar refractivity (Wildman–Crippen MR) is 107 cm³/mol. The molecule has 138 valence electrons. The van der Waals surface area contributed by atoms with E-state index in [1.54, 1.807) is 7.11 Å². The van der Waals surface area contributed by atoms with Crippen LogP contribution in [-0.2, 0) is 4.79 Å². The van der Waals surface area contributed by atoms with Gasteiger partial charge in [-0.3, -0.25) is 4.79 Å². The van der Waals surface area contributed by atoms with E-state index in [9.17, 15) is 4.79 Å². The molecule has 5 heteroatoms. The Hall–Kier alpha value is -2.69. The number of amides is 1. The topological polar surface area (TPSA) is 53.6 Å². The lowest BCUT2D eigenvalue weighted by Gasteiger charge is -2.28. The lowest BCUT2D eigenvalue weighted by Crippen LogP contribution is -2.29. The van der Waals surface area contributed by atoms with E-state index in [0.29, 0.717) is 13.0 Å². The number of ether oxygens (including phenoxy) is 1. The van der Waals surface area contributed by atoms with Crippen LogP contribution in [0.1, 0.15) is 25.7 Å². The van der Waals surface area contributed by atoms with Crippen LogP contribution < -0.4 is 20.3 Å². The number of carbonyl (C=O) groups excluding carboxylic acids is 1. The molecular weight excluding hydrogens is 326 g/mol. The Balaban J connectivity index is 1.45. The van der Waals surface area contributed by atoms with Gasteiger partial charge in [0.2, 0.25) is 5.91 Å². The maximum atomic E-state index is 12.2. The molecule has 5 nitrogen and oxygen atoms in total. The summed E-state index contributed by atoms with van der Waals surface area (Å²) in [5.41, 5.74) is 2.97. The first-order valence-electron chi connectivity index (χ1n) is 9.28. The third kappa shape index (κ3) is 4.91. The molecule has 1 aliphatic rings. The van der Waals surface area contributed by atoms with Gasteiger partial charge in [-0.25, -0.2) is 0 Å². The van der Waals surface area contributed by atoms with Crippen LogP contribution in [0.3, 0.4) is 0 Å². The highest BCUT2D eigenvalue weighted by Crippen LogP contribution is 2.23. The molecule has 0 atom stereocenters. The normalized spacial score (nSPS) is 14.0. The lowest BCUT2D eigenvalue weighted by molar-refractivity contribution is -0.115. The van der Waals surface area contributed by atoms with Crippen molar-refractivity contribution < 1.29 is 9.53 Å². The highest BCUT2D eigenvalue weighted by Gasteiger charge is 2.11. The van der Waals surface area contributed by atoms with Crippen LogP contribution in [0.15, 0.2) is 48.5 Å². The third-order valence-corrected chi connectivity index (χ3v) is 4.65. The first-order chi connectivity index (χ1) is 12.8. The predicted octanol–water partition coefficient (Wildman–Crippen LogP) is 4.13. The highest BCUT2D eigenvalue weighted by molar-refractivity contribution is 5.91. The second kappa shape index (κ2) is 9.13. The number of benzene rings is 2. The number of para-hydroxylation sites is 2. The van der Waals surface area contributed by atoms with Gasteiger partial charge in [-0.15, -0.1) is 0 Å². The maximum absolute atomic E-state index is 12.2. The number of hydrogen-bond acceptors (Lipinski definition) is 4. The largest absolute Gasteiger partial charge is 0.495 e. The molecule has 1 fully saturated rings. The van der Waals surface area contributed by atoms with E-state index in [-0.39, 0.29) is 5.91 Å². The molecule has 3 rings (SSSR count). The average molecular weight is 353 g/mol. The molecule has 0 aliphatic carbocycles. The number of nitrogens with zero attached hydrogens (tertiary/aromatic N) is 1. The molecule has 2 aromatic carbocycles. The van der Waals surface area contributed by atoms with E-state index >= 15 is 0 Å². The molecule has 0 bridgehead atoms. The molecule has 0 radical (unpaired) electrons. The molecule has 2 N–H and O–H groups in total. The van der Waals surface area contributed by atoms with E-state index in [2.05, 4.69) is 27.7 Å². The fraction of sp³-hybridized carbons (Fsp3) is 0.381. The molecule has 1 saturated heterocycles. The van der Waals surface area contributed by atoms with E-state index in [4.69, 9.17) is 4.74 Å². The number of nitrogens with one attached hydrogen (secondary N) is 2. The van der Waals surface area contributed by atoms with Gasteiger partial charge in [-0.1, -0.05) is 12.1 Å². The van der Waals surface area contributed by atoms with Crippen LogP contribution in [0.25, 0.3) is 0 Å². The van der Waals surface area contributed by atoms with E-state index in [1.807, 2.05) is 36.4 Å². The second-order valence-corrected chi connectivity index (χ2v) is 6.52. The van der Waals surface area contributed by atoms with E-state index in [0.717, 1.165) is 30.2 Å². The molecule has 1 amide bonds. The van der Waals surface area contributed by atoms with Crippen LogP contribution in [0, 0.1) is 0 Å². The highest BCUT2D eigenvalue weighted by atomic mass is 16.5. The van der Waals surface area contributed by atoms with Gasteiger partial charge in [0.05, 0.1) is 12.8 Å². The first kappa shape index (κ1) is 18.1. The molecule has 0 aromatic heterocycles. The average Bonchev–Trinajstić information content (AvgIpc) is 2.69. The molecule has 1 aliphatic heterocycles. The Morgan fingerprint density at radius 1 is 1.04 bits per heavy atom. The summed E-state index contributed by atoms with van der Waals surface area (Å²) in [6, 6.07) is 15.8. The molecule has 2 aromatic rings. The van der Waals surface area contributed by atoms with Gasteiger partial charge >= 0.3 is 0 Å². The Morgan fingerprint density at radius 2 is 1.77 bits per heavy atom. The SMILES string of the molecule is COc1ccccc1NCCC(=O)Nc1ccc(N2CCCCC2)cc1. The summed E-state index contributed by atoms with van der Waals surface area (Å²) in [5, 5.41) is 6.20. The minimum absolute atomic E-state index is 0.00174. The number of carbonyl (C=O) groups is 1. The fourth-order valence-corrected chi connectivity index (χ4v) is 3.23.